The summed E-state index contributed by atoms with van der Waals surface area (Å²) < 4.78 is 49.1. The summed E-state index contributed by atoms with van der Waals surface area (Å²) in [4.78, 5) is 21.9. The molecule has 1 radical (unpaired) electrons. The molecule has 0 atom stereocenters. The Morgan fingerprint density at radius 3 is 2.55 bits per heavy atom. The number of halogens is 3. The summed E-state index contributed by atoms with van der Waals surface area (Å²) in [7, 11) is 1.98. The van der Waals surface area contributed by atoms with Crippen molar-refractivity contribution in [2.45, 2.75) is 12.3 Å². The number of hydrogen-bond acceptors (Lipinski definition) is 6. The van der Waals surface area contributed by atoms with Gasteiger partial charge in [0.15, 0.2) is 0 Å². The van der Waals surface area contributed by atoms with Crippen molar-refractivity contribution >= 4 is 16.6 Å². The summed E-state index contributed by atoms with van der Waals surface area (Å²) in [5.41, 5.74) is 2.21. The Kier molecular flexibility index (Phi) is 5.49. The largest absolute Gasteiger partial charge is 0.573 e. The molecule has 33 heavy (non-hydrogen) atoms. The number of benzene rings is 2. The Balaban J connectivity index is 1.58. The van der Waals surface area contributed by atoms with Crippen LogP contribution in [0.3, 0.4) is 0 Å². The van der Waals surface area contributed by atoms with Crippen molar-refractivity contribution in [3.05, 3.63) is 58.6 Å². The number of aromatic nitrogens is 2. The van der Waals surface area contributed by atoms with Crippen molar-refractivity contribution in [3.63, 3.8) is 0 Å². The number of ether oxygens (including phenoxy) is 2. The molecule has 3 heterocycles. The topological polar surface area (TPSA) is 59.8 Å². The molecule has 10 heteroatoms. The van der Waals surface area contributed by atoms with Crippen LogP contribution < -0.4 is 15.2 Å². The molecular formula is C23H22F3N4O3. The molecule has 2 saturated heterocycles. The van der Waals surface area contributed by atoms with Gasteiger partial charge in [0.2, 0.25) is 0 Å². The van der Waals surface area contributed by atoms with Crippen molar-refractivity contribution in [1.29, 1.82) is 0 Å². The van der Waals surface area contributed by atoms with Gasteiger partial charge in [0.1, 0.15) is 12.1 Å². The second kappa shape index (κ2) is 8.35. The van der Waals surface area contributed by atoms with E-state index in [2.05, 4.69) is 20.7 Å². The maximum absolute atomic E-state index is 13.3. The van der Waals surface area contributed by atoms with Crippen LogP contribution in [0.15, 0.2) is 41.5 Å². The first-order chi connectivity index (χ1) is 15.8. The van der Waals surface area contributed by atoms with E-state index in [9.17, 15) is 18.0 Å². The molecule has 1 aromatic heterocycles. The molecule has 0 amide bonds. The highest BCUT2D eigenvalue weighted by molar-refractivity contribution is 5.79. The van der Waals surface area contributed by atoms with Crippen molar-refractivity contribution in [2.75, 3.05) is 51.3 Å². The van der Waals surface area contributed by atoms with Crippen LogP contribution in [0.2, 0.25) is 0 Å². The lowest BCUT2D eigenvalue weighted by Crippen LogP contribution is -2.45. The molecule has 0 spiro atoms. The van der Waals surface area contributed by atoms with Gasteiger partial charge in [-0.05, 0) is 30.8 Å². The maximum Gasteiger partial charge on any atom is 0.573 e. The van der Waals surface area contributed by atoms with Crippen LogP contribution in [0.4, 0.5) is 18.9 Å². The van der Waals surface area contributed by atoms with E-state index in [0.717, 1.165) is 18.7 Å². The normalized spacial score (nSPS) is 17.9. The molecule has 2 aliphatic rings. The lowest BCUT2D eigenvalue weighted by atomic mass is 9.97. The second-order valence-electron chi connectivity index (χ2n) is 8.34. The molecule has 7 nitrogen and oxygen atoms in total. The fourth-order valence-electron chi connectivity index (χ4n) is 4.12. The average Bonchev–Trinajstić information content (AvgIpc) is 2.73. The number of likely N-dealkylation sites (N-methyl/N-ethyl adjacent to an activating group) is 1. The minimum Gasteiger partial charge on any atom is -0.405 e. The molecule has 2 aromatic carbocycles. The van der Waals surface area contributed by atoms with Gasteiger partial charge in [-0.2, -0.15) is 0 Å². The fraction of sp³-hybridized carbons (Fsp3) is 0.391. The summed E-state index contributed by atoms with van der Waals surface area (Å²) in [6.45, 7) is 3.99. The van der Waals surface area contributed by atoms with E-state index >= 15 is 0 Å². The van der Waals surface area contributed by atoms with Crippen molar-refractivity contribution in [1.82, 2.24) is 14.5 Å². The molecular weight excluding hydrogens is 437 g/mol. The maximum atomic E-state index is 13.3. The zero-order valence-electron chi connectivity index (χ0n) is 17.9. The van der Waals surface area contributed by atoms with E-state index in [1.54, 1.807) is 6.07 Å². The van der Waals surface area contributed by atoms with E-state index in [0.29, 0.717) is 54.5 Å². The van der Waals surface area contributed by atoms with Crippen LogP contribution in [-0.4, -0.2) is 67.3 Å². The van der Waals surface area contributed by atoms with Gasteiger partial charge in [0.25, 0.3) is 5.56 Å². The van der Waals surface area contributed by atoms with E-state index in [1.165, 1.54) is 23.0 Å². The van der Waals surface area contributed by atoms with Gasteiger partial charge >= 0.3 is 6.36 Å². The molecule has 0 aliphatic carbocycles. The number of piperazine rings is 1. The number of fused-ring (bicyclic) bond motifs is 1. The van der Waals surface area contributed by atoms with Gasteiger partial charge in [-0.15, -0.1) is 13.2 Å². The molecule has 0 unspecified atom stereocenters. The Morgan fingerprint density at radius 2 is 1.88 bits per heavy atom. The highest BCUT2D eigenvalue weighted by atomic mass is 19.4. The minimum atomic E-state index is -4.83. The van der Waals surface area contributed by atoms with Crippen LogP contribution in [0, 0.1) is 6.07 Å². The van der Waals surface area contributed by atoms with Gasteiger partial charge in [-0.1, -0.05) is 6.07 Å². The van der Waals surface area contributed by atoms with Crippen molar-refractivity contribution < 1.29 is 22.6 Å². The fourth-order valence-corrected chi connectivity index (χ4v) is 4.12. The van der Waals surface area contributed by atoms with Crippen LogP contribution >= 0.6 is 0 Å². The van der Waals surface area contributed by atoms with Crippen LogP contribution in [-0.2, 0) is 4.74 Å². The first-order valence-corrected chi connectivity index (χ1v) is 10.6. The van der Waals surface area contributed by atoms with Crippen molar-refractivity contribution in [2.24, 2.45) is 0 Å². The molecule has 2 fully saturated rings. The summed E-state index contributed by atoms with van der Waals surface area (Å²) in [6.07, 6.45) is -3.42. The van der Waals surface area contributed by atoms with E-state index < -0.39 is 12.1 Å². The minimum absolute atomic E-state index is 0.301. The predicted molar refractivity (Wildman–Crippen MR) is 116 cm³/mol. The quantitative estimate of drug-likeness (QED) is 0.598. The van der Waals surface area contributed by atoms with Crippen LogP contribution in [0.1, 0.15) is 11.5 Å². The lowest BCUT2D eigenvalue weighted by molar-refractivity contribution is -0.274. The van der Waals surface area contributed by atoms with Gasteiger partial charge in [-0.25, -0.2) is 4.98 Å². The van der Waals surface area contributed by atoms with E-state index in [4.69, 9.17) is 4.74 Å². The standard InChI is InChI=1S/C23H22F3N4O3/c1-28-6-8-29(9-7-28)21-11-17(33-23(24,25)26)3-5-20(21)30-14-27-19-10-15(16-12-32-13-16)2-4-18(19)22(30)31/h2,4-5,10-11,14,16H,6-9,12-13H2,1H3. The summed E-state index contributed by atoms with van der Waals surface area (Å²) in [5.74, 6) is -0.146. The van der Waals surface area contributed by atoms with E-state index in [1.807, 2.05) is 24.1 Å². The SMILES string of the molecule is CN1CCN(c2cc(OC(F)(F)F)[c]cc2-n2cnc3cc(C4COC4)ccc3c2=O)CC1. The van der Waals surface area contributed by atoms with Gasteiger partial charge in [0, 0.05) is 44.2 Å². The highest BCUT2D eigenvalue weighted by Crippen LogP contribution is 2.32. The monoisotopic (exact) mass is 459 g/mol. The predicted octanol–water partition coefficient (Wildman–Crippen LogP) is 2.95. The number of nitrogens with zero attached hydrogens (tertiary/aromatic N) is 4. The molecule has 173 valence electrons. The molecule has 0 N–H and O–H groups in total. The Hall–Kier alpha value is -3.11. The number of alkyl halides is 3. The molecule has 2 aliphatic heterocycles. The van der Waals surface area contributed by atoms with E-state index in [-0.39, 0.29) is 5.56 Å². The second-order valence-corrected chi connectivity index (χ2v) is 8.34. The Bertz CT molecular complexity index is 1230. The Labute approximate surface area is 187 Å². The average molecular weight is 459 g/mol. The lowest BCUT2D eigenvalue weighted by Gasteiger charge is -2.35. The molecule has 0 saturated carbocycles. The smallest absolute Gasteiger partial charge is 0.405 e. The van der Waals surface area contributed by atoms with Crippen LogP contribution in [0.25, 0.3) is 16.6 Å². The number of rotatable bonds is 4. The Morgan fingerprint density at radius 1 is 1.12 bits per heavy atom. The highest BCUT2D eigenvalue weighted by Gasteiger charge is 2.32. The molecule has 5 rings (SSSR count). The van der Waals surface area contributed by atoms with Gasteiger partial charge in [-0.3, -0.25) is 9.36 Å². The zero-order valence-corrected chi connectivity index (χ0v) is 17.9. The van der Waals surface area contributed by atoms with Gasteiger partial charge < -0.3 is 19.3 Å². The molecule has 0 bridgehead atoms. The third-order valence-electron chi connectivity index (χ3n) is 6.10. The summed E-state index contributed by atoms with van der Waals surface area (Å²) in [5, 5.41) is 0.432. The summed E-state index contributed by atoms with van der Waals surface area (Å²) >= 11 is 0. The van der Waals surface area contributed by atoms with Gasteiger partial charge in [0.05, 0.1) is 35.5 Å². The van der Waals surface area contributed by atoms with Crippen molar-refractivity contribution in [3.8, 4) is 11.4 Å². The third kappa shape index (κ3) is 4.40. The number of anilines is 1. The molecule has 3 aromatic rings. The van der Waals surface area contributed by atoms with Crippen LogP contribution in [0.5, 0.6) is 5.75 Å². The summed E-state index contributed by atoms with van der Waals surface area (Å²) in [6, 6.07) is 10.7. The number of hydrogen-bond donors (Lipinski definition) is 0. The third-order valence-corrected chi connectivity index (χ3v) is 6.10. The zero-order chi connectivity index (χ0) is 23.2. The first kappa shape index (κ1) is 21.7. The first-order valence-electron chi connectivity index (χ1n) is 10.6.